The van der Waals surface area contributed by atoms with E-state index in [1.807, 2.05) is 6.92 Å². The van der Waals surface area contributed by atoms with Gasteiger partial charge in [-0.25, -0.2) is 4.98 Å². The van der Waals surface area contributed by atoms with Crippen molar-refractivity contribution in [2.45, 2.75) is 31.7 Å². The van der Waals surface area contributed by atoms with Gasteiger partial charge >= 0.3 is 6.18 Å². The van der Waals surface area contributed by atoms with Gasteiger partial charge in [-0.2, -0.15) is 13.2 Å². The highest BCUT2D eigenvalue weighted by molar-refractivity contribution is 5.97. The fraction of sp³-hybridized carbons (Fsp3) is 0.538. The Labute approximate surface area is 119 Å². The van der Waals surface area contributed by atoms with E-state index in [1.165, 1.54) is 4.90 Å². The molecule has 21 heavy (non-hydrogen) atoms. The molecule has 0 aromatic carbocycles. The molecule has 2 atom stereocenters. The maximum Gasteiger partial charge on any atom is 0.433 e. The van der Waals surface area contributed by atoms with Crippen LogP contribution < -0.4 is 10.6 Å². The third kappa shape index (κ3) is 3.10. The number of pyridine rings is 1. The number of primary amides is 1. The minimum absolute atomic E-state index is 0.0374. The van der Waals surface area contributed by atoms with Crippen LogP contribution in [0, 0.1) is 0 Å². The molecular weight excluding hydrogens is 287 g/mol. The van der Waals surface area contributed by atoms with E-state index in [9.17, 15) is 18.0 Å². The Hall–Kier alpha value is -1.83. The number of nitrogens with zero attached hydrogens (tertiary/aromatic N) is 2. The van der Waals surface area contributed by atoms with Crippen LogP contribution in [0.2, 0.25) is 0 Å². The number of nitrogens with two attached hydrogens (primary N) is 1. The molecule has 0 bridgehead atoms. The third-order valence-electron chi connectivity index (χ3n) is 3.60. The molecule has 1 aromatic heterocycles. The van der Waals surface area contributed by atoms with Gasteiger partial charge in [-0.05, 0) is 25.5 Å². The highest BCUT2D eigenvalue weighted by Gasteiger charge is 2.36. The molecule has 2 N–H and O–H groups in total. The summed E-state index contributed by atoms with van der Waals surface area (Å²) in [6.45, 7) is 2.34. The summed E-state index contributed by atoms with van der Waals surface area (Å²) in [5.41, 5.74) is 4.13. The van der Waals surface area contributed by atoms with Crippen LogP contribution in [0.3, 0.4) is 0 Å². The van der Waals surface area contributed by atoms with E-state index in [0.29, 0.717) is 13.0 Å². The highest BCUT2D eigenvalue weighted by atomic mass is 19.4. The number of hydrogen-bond acceptors (Lipinski definition) is 4. The molecule has 2 rings (SSSR count). The lowest BCUT2D eigenvalue weighted by atomic mass is 10.1. The second-order valence-corrected chi connectivity index (χ2v) is 4.97. The molecule has 1 aliphatic rings. The van der Waals surface area contributed by atoms with Crippen LogP contribution in [0.5, 0.6) is 0 Å². The van der Waals surface area contributed by atoms with Crippen molar-refractivity contribution in [1.29, 1.82) is 0 Å². The number of likely N-dealkylation sites (N-methyl/N-ethyl adjacent to an activating group) is 1. The van der Waals surface area contributed by atoms with E-state index < -0.39 is 17.8 Å². The lowest BCUT2D eigenvalue weighted by molar-refractivity contribution is -0.141. The SMILES string of the molecule is CC1OCCC1N(C)c1nc(C(F)(F)F)ccc1C(N)=O. The number of hydrogen-bond donors (Lipinski definition) is 1. The summed E-state index contributed by atoms with van der Waals surface area (Å²) in [5, 5.41) is 0. The first-order valence-electron chi connectivity index (χ1n) is 6.44. The van der Waals surface area contributed by atoms with E-state index >= 15 is 0 Å². The van der Waals surface area contributed by atoms with Gasteiger partial charge in [-0.15, -0.1) is 0 Å². The molecule has 116 valence electrons. The van der Waals surface area contributed by atoms with E-state index in [-0.39, 0.29) is 23.5 Å². The molecule has 0 aliphatic carbocycles. The van der Waals surface area contributed by atoms with Crippen molar-refractivity contribution in [2.75, 3.05) is 18.6 Å². The van der Waals surface area contributed by atoms with Gasteiger partial charge in [0.25, 0.3) is 5.91 Å². The van der Waals surface area contributed by atoms with Gasteiger partial charge < -0.3 is 15.4 Å². The smallest absolute Gasteiger partial charge is 0.376 e. The number of amides is 1. The van der Waals surface area contributed by atoms with Gasteiger partial charge in [0.1, 0.15) is 11.5 Å². The van der Waals surface area contributed by atoms with Crippen molar-refractivity contribution in [1.82, 2.24) is 4.98 Å². The zero-order valence-corrected chi connectivity index (χ0v) is 11.6. The first-order valence-corrected chi connectivity index (χ1v) is 6.44. The van der Waals surface area contributed by atoms with Gasteiger partial charge in [0.15, 0.2) is 0 Å². The average Bonchev–Trinajstić information content (AvgIpc) is 2.82. The number of carbonyl (C=O) groups is 1. The number of ether oxygens (including phenoxy) is 1. The van der Waals surface area contributed by atoms with Crippen LogP contribution in [0.4, 0.5) is 19.0 Å². The molecule has 1 aliphatic heterocycles. The van der Waals surface area contributed by atoms with Gasteiger partial charge in [0.2, 0.25) is 0 Å². The van der Waals surface area contributed by atoms with E-state index in [2.05, 4.69) is 4.98 Å². The predicted molar refractivity (Wildman–Crippen MR) is 70.0 cm³/mol. The van der Waals surface area contributed by atoms with Crippen molar-refractivity contribution in [3.8, 4) is 0 Å². The maximum absolute atomic E-state index is 12.8. The lowest BCUT2D eigenvalue weighted by Crippen LogP contribution is -2.39. The molecule has 1 aromatic rings. The normalized spacial score (nSPS) is 22.3. The van der Waals surface area contributed by atoms with Crippen molar-refractivity contribution in [3.05, 3.63) is 23.4 Å². The molecule has 5 nitrogen and oxygen atoms in total. The monoisotopic (exact) mass is 303 g/mol. The Kier molecular flexibility index (Phi) is 4.08. The first kappa shape index (κ1) is 15.6. The molecule has 2 heterocycles. The number of alkyl halides is 3. The zero-order valence-electron chi connectivity index (χ0n) is 11.6. The van der Waals surface area contributed by atoms with Crippen LogP contribution in [0.1, 0.15) is 29.4 Å². The number of aromatic nitrogens is 1. The summed E-state index contributed by atoms with van der Waals surface area (Å²) < 4.78 is 43.8. The molecule has 0 radical (unpaired) electrons. The number of rotatable bonds is 3. The molecule has 2 unspecified atom stereocenters. The van der Waals surface area contributed by atoms with Gasteiger partial charge in [0.05, 0.1) is 17.7 Å². The van der Waals surface area contributed by atoms with Crippen LogP contribution >= 0.6 is 0 Å². The minimum atomic E-state index is -4.58. The van der Waals surface area contributed by atoms with Crippen molar-refractivity contribution >= 4 is 11.7 Å². The van der Waals surface area contributed by atoms with Crippen molar-refractivity contribution < 1.29 is 22.7 Å². The van der Waals surface area contributed by atoms with Gasteiger partial charge in [-0.1, -0.05) is 0 Å². The highest BCUT2D eigenvalue weighted by Crippen LogP contribution is 2.32. The summed E-state index contributed by atoms with van der Waals surface area (Å²) in [6.07, 6.45) is -4.09. The summed E-state index contributed by atoms with van der Waals surface area (Å²) in [6, 6.07) is 1.66. The Morgan fingerprint density at radius 2 is 2.14 bits per heavy atom. The molecule has 1 saturated heterocycles. The second-order valence-electron chi connectivity index (χ2n) is 4.97. The van der Waals surface area contributed by atoms with E-state index in [4.69, 9.17) is 10.5 Å². The fourth-order valence-electron chi connectivity index (χ4n) is 2.45. The predicted octanol–water partition coefficient (Wildman–Crippen LogP) is 1.81. The Bertz CT molecular complexity index is 548. The Morgan fingerprint density at radius 3 is 2.62 bits per heavy atom. The first-order chi connectivity index (χ1) is 9.71. The summed E-state index contributed by atoms with van der Waals surface area (Å²) in [7, 11) is 1.59. The van der Waals surface area contributed by atoms with E-state index in [0.717, 1.165) is 12.1 Å². The number of anilines is 1. The third-order valence-corrected chi connectivity index (χ3v) is 3.60. The number of halogens is 3. The standard InChI is InChI=1S/C13H16F3N3O2/c1-7-9(5-6-21-7)19(2)12-8(11(17)20)3-4-10(18-12)13(14,15)16/h3-4,7,9H,5-6H2,1-2H3,(H2,17,20). The fourth-order valence-corrected chi connectivity index (χ4v) is 2.45. The van der Waals surface area contributed by atoms with E-state index in [1.54, 1.807) is 7.05 Å². The van der Waals surface area contributed by atoms with Gasteiger partial charge in [0, 0.05) is 13.7 Å². The summed E-state index contributed by atoms with van der Waals surface area (Å²) >= 11 is 0. The van der Waals surface area contributed by atoms with Crippen molar-refractivity contribution in [3.63, 3.8) is 0 Å². The minimum Gasteiger partial charge on any atom is -0.376 e. The molecular formula is C13H16F3N3O2. The van der Waals surface area contributed by atoms with Crippen LogP contribution in [-0.2, 0) is 10.9 Å². The Morgan fingerprint density at radius 1 is 1.48 bits per heavy atom. The van der Waals surface area contributed by atoms with Gasteiger partial charge in [-0.3, -0.25) is 4.79 Å². The Balaban J connectivity index is 2.45. The molecule has 0 spiro atoms. The lowest BCUT2D eigenvalue weighted by Gasteiger charge is -2.29. The van der Waals surface area contributed by atoms with Crippen LogP contribution in [0.25, 0.3) is 0 Å². The van der Waals surface area contributed by atoms with Crippen LogP contribution in [-0.4, -0.2) is 36.7 Å². The topological polar surface area (TPSA) is 68.4 Å². The largest absolute Gasteiger partial charge is 0.433 e. The molecule has 0 saturated carbocycles. The zero-order chi connectivity index (χ0) is 15.8. The molecule has 8 heteroatoms. The van der Waals surface area contributed by atoms with Crippen molar-refractivity contribution in [2.24, 2.45) is 5.73 Å². The molecule has 1 amide bonds. The molecule has 1 fully saturated rings. The number of carbonyl (C=O) groups excluding carboxylic acids is 1. The quantitative estimate of drug-likeness (QED) is 0.924. The second kappa shape index (κ2) is 5.51. The summed E-state index contributed by atoms with van der Waals surface area (Å²) in [4.78, 5) is 16.6. The average molecular weight is 303 g/mol. The maximum atomic E-state index is 12.8. The van der Waals surface area contributed by atoms with Crippen LogP contribution in [0.15, 0.2) is 12.1 Å². The summed E-state index contributed by atoms with van der Waals surface area (Å²) in [5.74, 6) is -0.885.